The number of nitrogens with one attached hydrogen (secondary N) is 2. The van der Waals surface area contributed by atoms with Crippen LogP contribution in [0.3, 0.4) is 0 Å². The zero-order valence-electron chi connectivity index (χ0n) is 13.1. The number of aryl methyl sites for hydroxylation is 2. The Morgan fingerprint density at radius 2 is 2.09 bits per heavy atom. The summed E-state index contributed by atoms with van der Waals surface area (Å²) in [5.41, 5.74) is 3.17. The van der Waals surface area contributed by atoms with Crippen LogP contribution in [0.15, 0.2) is 22.6 Å². The third-order valence-corrected chi connectivity index (χ3v) is 4.36. The predicted molar refractivity (Wildman–Crippen MR) is 90.9 cm³/mol. The number of benzene rings is 1. The van der Waals surface area contributed by atoms with Gasteiger partial charge in [-0.3, -0.25) is 4.79 Å². The van der Waals surface area contributed by atoms with Gasteiger partial charge in [-0.1, -0.05) is 0 Å². The molecule has 22 heavy (non-hydrogen) atoms. The summed E-state index contributed by atoms with van der Waals surface area (Å²) in [5.74, 6) is 0.971. The highest BCUT2D eigenvalue weighted by atomic mass is 35.5. The standard InChI is InChI=1S/C17H22N2O2.ClH/c1-11-7-14-9-16(21-15(14)8-12(11)2)17(20)19-6-4-13-3-5-18-10-13;/h7-9,13,18H,3-6,10H2,1-2H3,(H,19,20);1H. The molecule has 1 aromatic carbocycles. The van der Waals surface area contributed by atoms with Crippen LogP contribution in [0.4, 0.5) is 0 Å². The van der Waals surface area contributed by atoms with E-state index in [9.17, 15) is 4.79 Å². The fourth-order valence-electron chi connectivity index (χ4n) is 2.85. The number of halogens is 1. The average molecular weight is 323 g/mol. The van der Waals surface area contributed by atoms with E-state index in [1.165, 1.54) is 17.5 Å². The Balaban J connectivity index is 0.00000176. The number of hydrogen-bond donors (Lipinski definition) is 2. The zero-order chi connectivity index (χ0) is 14.8. The molecule has 120 valence electrons. The smallest absolute Gasteiger partial charge is 0.287 e. The molecule has 0 bridgehead atoms. The summed E-state index contributed by atoms with van der Waals surface area (Å²) in [5, 5.41) is 7.28. The molecule has 1 unspecified atom stereocenters. The summed E-state index contributed by atoms with van der Waals surface area (Å²) in [6.45, 7) is 6.99. The van der Waals surface area contributed by atoms with Crippen molar-refractivity contribution in [3.8, 4) is 0 Å². The average Bonchev–Trinajstić information content (AvgIpc) is 3.08. The molecule has 3 rings (SSSR count). The summed E-state index contributed by atoms with van der Waals surface area (Å²) in [4.78, 5) is 12.1. The lowest BCUT2D eigenvalue weighted by atomic mass is 10.1. The van der Waals surface area contributed by atoms with E-state index in [2.05, 4.69) is 23.6 Å². The van der Waals surface area contributed by atoms with Crippen molar-refractivity contribution >= 4 is 29.3 Å². The molecule has 1 aliphatic heterocycles. The monoisotopic (exact) mass is 322 g/mol. The Labute approximate surface area is 137 Å². The molecule has 1 atom stereocenters. The molecule has 0 aliphatic carbocycles. The lowest BCUT2D eigenvalue weighted by molar-refractivity contribution is 0.0926. The van der Waals surface area contributed by atoms with E-state index in [-0.39, 0.29) is 18.3 Å². The maximum atomic E-state index is 12.1. The fourth-order valence-corrected chi connectivity index (χ4v) is 2.85. The van der Waals surface area contributed by atoms with Crippen molar-refractivity contribution in [2.45, 2.75) is 26.7 Å². The fraction of sp³-hybridized carbons (Fsp3) is 0.471. The predicted octanol–water partition coefficient (Wildman–Crippen LogP) is 3.20. The van der Waals surface area contributed by atoms with Gasteiger partial charge in [-0.25, -0.2) is 0 Å². The molecule has 2 aromatic rings. The van der Waals surface area contributed by atoms with Crippen LogP contribution in [-0.4, -0.2) is 25.5 Å². The molecule has 5 heteroatoms. The van der Waals surface area contributed by atoms with Crippen LogP contribution in [0, 0.1) is 19.8 Å². The van der Waals surface area contributed by atoms with Gasteiger partial charge in [0.1, 0.15) is 5.58 Å². The second kappa shape index (κ2) is 7.16. The Kier molecular flexibility index (Phi) is 5.48. The van der Waals surface area contributed by atoms with Crippen molar-refractivity contribution < 1.29 is 9.21 Å². The Bertz CT molecular complexity index is 621. The first kappa shape index (κ1) is 16.8. The number of amides is 1. The normalized spacial score (nSPS) is 17.5. The van der Waals surface area contributed by atoms with E-state index in [1.807, 2.05) is 19.1 Å². The van der Waals surface area contributed by atoms with Gasteiger partial charge in [-0.2, -0.15) is 0 Å². The molecule has 1 fully saturated rings. The number of carbonyl (C=O) groups is 1. The summed E-state index contributed by atoms with van der Waals surface area (Å²) >= 11 is 0. The SMILES string of the molecule is Cc1cc2cc(C(=O)NCCC3CCNC3)oc2cc1C.Cl. The number of hydrogen-bond acceptors (Lipinski definition) is 3. The number of rotatable bonds is 4. The van der Waals surface area contributed by atoms with Crippen molar-refractivity contribution in [2.24, 2.45) is 5.92 Å². The van der Waals surface area contributed by atoms with Gasteiger partial charge in [0.15, 0.2) is 5.76 Å². The maximum Gasteiger partial charge on any atom is 0.287 e. The first-order chi connectivity index (χ1) is 10.1. The molecule has 4 nitrogen and oxygen atoms in total. The summed E-state index contributed by atoms with van der Waals surface area (Å²) in [6, 6.07) is 5.88. The summed E-state index contributed by atoms with van der Waals surface area (Å²) in [7, 11) is 0. The van der Waals surface area contributed by atoms with Crippen LogP contribution in [0.2, 0.25) is 0 Å². The number of fused-ring (bicyclic) bond motifs is 1. The first-order valence-electron chi connectivity index (χ1n) is 7.63. The molecule has 0 spiro atoms. The topological polar surface area (TPSA) is 54.3 Å². The first-order valence-corrected chi connectivity index (χ1v) is 7.63. The number of furan rings is 1. The highest BCUT2D eigenvalue weighted by Gasteiger charge is 2.16. The minimum absolute atomic E-state index is 0. The van der Waals surface area contributed by atoms with Gasteiger partial charge in [-0.05, 0) is 75.0 Å². The van der Waals surface area contributed by atoms with E-state index in [0.29, 0.717) is 18.2 Å². The van der Waals surface area contributed by atoms with Crippen LogP contribution >= 0.6 is 12.4 Å². The molecular weight excluding hydrogens is 300 g/mol. The van der Waals surface area contributed by atoms with Crippen molar-refractivity contribution in [2.75, 3.05) is 19.6 Å². The molecule has 1 aliphatic rings. The van der Waals surface area contributed by atoms with Gasteiger partial charge < -0.3 is 15.1 Å². The van der Waals surface area contributed by atoms with Crippen LogP contribution in [0.5, 0.6) is 0 Å². The lowest BCUT2D eigenvalue weighted by Gasteiger charge is -2.08. The summed E-state index contributed by atoms with van der Waals surface area (Å²) < 4.78 is 5.66. The molecular formula is C17H23ClN2O2. The molecule has 0 radical (unpaired) electrons. The van der Waals surface area contributed by atoms with Crippen molar-refractivity contribution in [1.82, 2.24) is 10.6 Å². The van der Waals surface area contributed by atoms with Gasteiger partial charge in [0, 0.05) is 11.9 Å². The molecule has 1 saturated heterocycles. The van der Waals surface area contributed by atoms with Gasteiger partial charge in [-0.15, -0.1) is 12.4 Å². The van der Waals surface area contributed by atoms with Crippen LogP contribution < -0.4 is 10.6 Å². The van der Waals surface area contributed by atoms with Gasteiger partial charge >= 0.3 is 0 Å². The summed E-state index contributed by atoms with van der Waals surface area (Å²) in [6.07, 6.45) is 2.23. The van der Waals surface area contributed by atoms with Crippen molar-refractivity contribution in [3.05, 3.63) is 35.1 Å². The highest BCUT2D eigenvalue weighted by Crippen LogP contribution is 2.23. The minimum atomic E-state index is -0.118. The third kappa shape index (κ3) is 3.62. The van der Waals surface area contributed by atoms with Gasteiger partial charge in [0.25, 0.3) is 5.91 Å². The Morgan fingerprint density at radius 3 is 2.82 bits per heavy atom. The Morgan fingerprint density at radius 1 is 1.32 bits per heavy atom. The number of carbonyl (C=O) groups excluding carboxylic acids is 1. The van der Waals surface area contributed by atoms with Crippen LogP contribution in [-0.2, 0) is 0 Å². The second-order valence-corrected chi connectivity index (χ2v) is 5.99. The van der Waals surface area contributed by atoms with E-state index in [4.69, 9.17) is 4.42 Å². The third-order valence-electron chi connectivity index (χ3n) is 4.36. The van der Waals surface area contributed by atoms with Crippen LogP contribution in [0.1, 0.15) is 34.5 Å². The molecule has 0 saturated carbocycles. The zero-order valence-corrected chi connectivity index (χ0v) is 13.9. The van der Waals surface area contributed by atoms with E-state index in [1.54, 1.807) is 0 Å². The van der Waals surface area contributed by atoms with Gasteiger partial charge in [0.2, 0.25) is 0 Å². The minimum Gasteiger partial charge on any atom is -0.451 e. The lowest BCUT2D eigenvalue weighted by Crippen LogP contribution is -2.26. The van der Waals surface area contributed by atoms with Crippen molar-refractivity contribution in [3.63, 3.8) is 0 Å². The maximum absolute atomic E-state index is 12.1. The van der Waals surface area contributed by atoms with Crippen molar-refractivity contribution in [1.29, 1.82) is 0 Å². The largest absolute Gasteiger partial charge is 0.451 e. The molecule has 1 amide bonds. The molecule has 2 N–H and O–H groups in total. The van der Waals surface area contributed by atoms with Crippen LogP contribution in [0.25, 0.3) is 11.0 Å². The van der Waals surface area contributed by atoms with Gasteiger partial charge in [0.05, 0.1) is 0 Å². The Hall–Kier alpha value is -1.52. The molecule has 2 heterocycles. The van der Waals surface area contributed by atoms with E-state index < -0.39 is 0 Å². The quantitative estimate of drug-likeness (QED) is 0.909. The van der Waals surface area contributed by atoms with E-state index in [0.717, 1.165) is 30.5 Å². The second-order valence-electron chi connectivity index (χ2n) is 5.99. The highest BCUT2D eigenvalue weighted by molar-refractivity contribution is 5.96. The molecule has 1 aromatic heterocycles. The van der Waals surface area contributed by atoms with E-state index >= 15 is 0 Å².